The van der Waals surface area contributed by atoms with Gasteiger partial charge in [-0.25, -0.2) is 0 Å². The van der Waals surface area contributed by atoms with Gasteiger partial charge in [0.1, 0.15) is 11.2 Å². The molecule has 0 amide bonds. The highest BCUT2D eigenvalue weighted by Crippen LogP contribution is 2.42. The van der Waals surface area contributed by atoms with Gasteiger partial charge in [-0.2, -0.15) is 0 Å². The standard InChI is InChI=1S/C64H43N3O.C2H6/c1-3-17-47(18-4-1)65-58-24-11-9-21-50(58)46-16-13-15-42(36-46)43-27-33-61-55(38-43)56-39-45(44-28-32-60-54(37-44)52-23-10-12-25-59(52)66(60)48-19-5-2-6-20-48)29-34-62(56)67(61)49-30-35-63-57(40-49)53-31-26-41-14-7-8-22-51(41)64(53)68-63;1-2/h1-10,12-23,25-40,65H,11,24H2;1-2H3. The van der Waals surface area contributed by atoms with Crippen molar-refractivity contribution in [3.8, 4) is 33.6 Å². The molecule has 0 saturated heterocycles. The highest BCUT2D eigenvalue weighted by Gasteiger charge is 2.20. The molecule has 1 N–H and O–H groups in total. The Bertz CT molecular complexity index is 4220. The molecule has 14 rings (SSSR count). The van der Waals surface area contributed by atoms with Crippen molar-refractivity contribution >= 4 is 87.6 Å². The molecule has 4 nitrogen and oxygen atoms in total. The summed E-state index contributed by atoms with van der Waals surface area (Å²) in [6.07, 6.45) is 6.57. The van der Waals surface area contributed by atoms with E-state index in [1.54, 1.807) is 0 Å². The highest BCUT2D eigenvalue weighted by molar-refractivity contribution is 6.17. The molecule has 0 spiro atoms. The largest absolute Gasteiger partial charge is 0.455 e. The van der Waals surface area contributed by atoms with Gasteiger partial charge in [-0.05, 0) is 143 Å². The zero-order chi connectivity index (χ0) is 46.7. The van der Waals surface area contributed by atoms with Crippen LogP contribution in [0.5, 0.6) is 0 Å². The molecule has 1 aliphatic rings. The van der Waals surface area contributed by atoms with Crippen molar-refractivity contribution in [3.05, 3.63) is 242 Å². The molecular weight excluding hydrogens is 851 g/mol. The van der Waals surface area contributed by atoms with Gasteiger partial charge in [-0.15, -0.1) is 0 Å². The number of para-hydroxylation sites is 3. The Morgan fingerprint density at radius 1 is 0.400 bits per heavy atom. The zero-order valence-corrected chi connectivity index (χ0v) is 39.2. The summed E-state index contributed by atoms with van der Waals surface area (Å²) in [5.74, 6) is 0. The van der Waals surface area contributed by atoms with Crippen LogP contribution < -0.4 is 5.32 Å². The second-order valence-electron chi connectivity index (χ2n) is 18.1. The van der Waals surface area contributed by atoms with Crippen LogP contribution in [0.25, 0.3) is 116 Å². The molecule has 0 atom stereocenters. The summed E-state index contributed by atoms with van der Waals surface area (Å²) < 4.78 is 11.4. The summed E-state index contributed by atoms with van der Waals surface area (Å²) in [7, 11) is 0. The van der Waals surface area contributed by atoms with Crippen LogP contribution in [-0.4, -0.2) is 9.13 Å². The predicted molar refractivity (Wildman–Crippen MR) is 297 cm³/mol. The minimum atomic E-state index is 0.888. The molecule has 13 aromatic rings. The normalized spacial score (nSPS) is 12.8. The fraction of sp³-hybridized carbons (Fsp3) is 0.0606. The quantitative estimate of drug-likeness (QED) is 0.173. The summed E-state index contributed by atoms with van der Waals surface area (Å²) in [4.78, 5) is 0. The SMILES string of the molecule is C1=CC(c2cccc(-c3ccc4c(c3)c3cc(-c5ccc6c(c5)c5ccccc5n6-c5ccccc5)ccc3n4-c3ccc4oc5c6ccccc6ccc5c4c3)c2)=C(Nc2ccccc2)CC1.CC. The number of nitrogens with one attached hydrogen (secondary N) is 1. The smallest absolute Gasteiger partial charge is 0.143 e. The Labute approximate surface area is 406 Å². The lowest BCUT2D eigenvalue weighted by Gasteiger charge is -2.19. The van der Waals surface area contributed by atoms with Gasteiger partial charge in [0.05, 0.1) is 22.1 Å². The number of allylic oxidation sites excluding steroid dienone is 4. The van der Waals surface area contributed by atoms with Crippen LogP contribution in [0.3, 0.4) is 0 Å². The van der Waals surface area contributed by atoms with Gasteiger partial charge < -0.3 is 18.9 Å². The first-order valence-electron chi connectivity index (χ1n) is 24.5. The van der Waals surface area contributed by atoms with Gasteiger partial charge >= 0.3 is 0 Å². The van der Waals surface area contributed by atoms with Crippen LogP contribution >= 0.6 is 0 Å². The first kappa shape index (κ1) is 41.3. The number of aromatic nitrogens is 2. The molecule has 10 aromatic carbocycles. The molecule has 0 saturated carbocycles. The molecule has 1 aliphatic carbocycles. The van der Waals surface area contributed by atoms with E-state index in [4.69, 9.17) is 4.42 Å². The van der Waals surface area contributed by atoms with E-state index < -0.39 is 0 Å². The second kappa shape index (κ2) is 17.0. The van der Waals surface area contributed by atoms with Gasteiger partial charge in [0.2, 0.25) is 0 Å². The molecule has 3 aromatic heterocycles. The van der Waals surface area contributed by atoms with Crippen LogP contribution in [0.4, 0.5) is 5.69 Å². The van der Waals surface area contributed by atoms with E-state index in [1.165, 1.54) is 77.1 Å². The molecule has 0 aliphatic heterocycles. The third kappa shape index (κ3) is 6.83. The van der Waals surface area contributed by atoms with Crippen LogP contribution in [0.15, 0.2) is 241 Å². The molecule has 0 radical (unpaired) electrons. The van der Waals surface area contributed by atoms with E-state index in [1.807, 2.05) is 13.8 Å². The number of rotatable bonds is 7. The monoisotopic (exact) mass is 899 g/mol. The summed E-state index contributed by atoms with van der Waals surface area (Å²) in [5.41, 5.74) is 18.3. The fourth-order valence-electron chi connectivity index (χ4n) is 10.9. The topological polar surface area (TPSA) is 35.0 Å². The van der Waals surface area contributed by atoms with Crippen molar-refractivity contribution in [2.24, 2.45) is 0 Å². The summed E-state index contributed by atoms with van der Waals surface area (Å²) in [5, 5.41) is 13.2. The first-order chi connectivity index (χ1) is 34.7. The average molecular weight is 900 g/mol. The third-order valence-electron chi connectivity index (χ3n) is 14.1. The highest BCUT2D eigenvalue weighted by atomic mass is 16.3. The average Bonchev–Trinajstić information content (AvgIpc) is 4.09. The molecule has 0 bridgehead atoms. The van der Waals surface area contributed by atoms with Crippen molar-refractivity contribution in [1.82, 2.24) is 9.13 Å². The number of benzene rings is 10. The van der Waals surface area contributed by atoms with Crippen LogP contribution in [0.2, 0.25) is 0 Å². The summed E-state index contributed by atoms with van der Waals surface area (Å²) in [6, 6.07) is 79.5. The maximum Gasteiger partial charge on any atom is 0.143 e. The molecule has 0 unspecified atom stereocenters. The van der Waals surface area contributed by atoms with Crippen molar-refractivity contribution in [2.75, 3.05) is 5.32 Å². The van der Waals surface area contributed by atoms with E-state index >= 15 is 0 Å². The maximum atomic E-state index is 6.59. The summed E-state index contributed by atoms with van der Waals surface area (Å²) in [6.45, 7) is 4.00. The van der Waals surface area contributed by atoms with Crippen molar-refractivity contribution in [3.63, 3.8) is 0 Å². The Balaban J connectivity index is 0.00000237. The Hall–Kier alpha value is -8.86. The minimum Gasteiger partial charge on any atom is -0.455 e. The van der Waals surface area contributed by atoms with Crippen molar-refractivity contribution in [1.29, 1.82) is 0 Å². The molecule has 4 heteroatoms. The number of hydrogen-bond acceptors (Lipinski definition) is 2. The molecule has 3 heterocycles. The zero-order valence-electron chi connectivity index (χ0n) is 39.2. The van der Waals surface area contributed by atoms with Crippen molar-refractivity contribution < 1.29 is 4.42 Å². The Morgan fingerprint density at radius 2 is 0.986 bits per heavy atom. The molecular formula is C66H49N3O. The number of fused-ring (bicyclic) bond motifs is 11. The van der Waals surface area contributed by atoms with E-state index in [0.717, 1.165) is 68.3 Å². The van der Waals surface area contributed by atoms with Gasteiger partial charge in [0, 0.05) is 66.0 Å². The van der Waals surface area contributed by atoms with Gasteiger partial charge in [0.15, 0.2) is 0 Å². The van der Waals surface area contributed by atoms with Crippen LogP contribution in [-0.2, 0) is 0 Å². The summed E-state index contributed by atoms with van der Waals surface area (Å²) >= 11 is 0. The molecule has 70 heavy (non-hydrogen) atoms. The number of anilines is 1. The molecule has 334 valence electrons. The lowest BCUT2D eigenvalue weighted by molar-refractivity contribution is 0.672. The fourth-order valence-corrected chi connectivity index (χ4v) is 10.9. The lowest BCUT2D eigenvalue weighted by Crippen LogP contribution is -2.05. The van der Waals surface area contributed by atoms with E-state index in [-0.39, 0.29) is 0 Å². The van der Waals surface area contributed by atoms with E-state index in [0.29, 0.717) is 0 Å². The Morgan fingerprint density at radius 3 is 1.71 bits per heavy atom. The third-order valence-corrected chi connectivity index (χ3v) is 14.1. The number of nitrogens with zero attached hydrogens (tertiary/aromatic N) is 2. The molecule has 0 fully saturated rings. The lowest BCUT2D eigenvalue weighted by atomic mass is 9.93. The van der Waals surface area contributed by atoms with E-state index in [2.05, 4.69) is 245 Å². The van der Waals surface area contributed by atoms with Gasteiger partial charge in [-0.3, -0.25) is 0 Å². The van der Waals surface area contributed by atoms with Crippen LogP contribution in [0, 0.1) is 0 Å². The first-order valence-corrected chi connectivity index (χ1v) is 24.5. The van der Waals surface area contributed by atoms with Crippen molar-refractivity contribution in [2.45, 2.75) is 26.7 Å². The Kier molecular flexibility index (Phi) is 10.1. The number of hydrogen-bond donors (Lipinski definition) is 1. The van der Waals surface area contributed by atoms with E-state index in [9.17, 15) is 0 Å². The minimum absolute atomic E-state index is 0.888. The van der Waals surface area contributed by atoms with Gasteiger partial charge in [-0.1, -0.05) is 147 Å². The van der Waals surface area contributed by atoms with Crippen LogP contribution in [0.1, 0.15) is 32.3 Å². The second-order valence-corrected chi connectivity index (χ2v) is 18.1. The number of furan rings is 1. The van der Waals surface area contributed by atoms with Gasteiger partial charge in [0.25, 0.3) is 0 Å². The maximum absolute atomic E-state index is 6.59. The predicted octanol–water partition coefficient (Wildman–Crippen LogP) is 18.5.